The van der Waals surface area contributed by atoms with E-state index in [-0.39, 0.29) is 23.0 Å². The van der Waals surface area contributed by atoms with Crippen molar-refractivity contribution in [3.8, 4) is 23.0 Å². The molecule has 2 fully saturated rings. The Morgan fingerprint density at radius 2 is 1.80 bits per heavy atom. The van der Waals surface area contributed by atoms with Crippen molar-refractivity contribution in [3.63, 3.8) is 0 Å². The normalized spacial score (nSPS) is 27.1. The Morgan fingerprint density at radius 3 is 2.55 bits per heavy atom. The van der Waals surface area contributed by atoms with Crippen LogP contribution in [0, 0.1) is 17.3 Å². The highest BCUT2D eigenvalue weighted by atomic mass is 16.5. The van der Waals surface area contributed by atoms with E-state index in [9.17, 15) is 15.0 Å². The van der Waals surface area contributed by atoms with Crippen molar-refractivity contribution >= 4 is 5.97 Å². The molecular formula is C37H45NO6. The van der Waals surface area contributed by atoms with Crippen molar-refractivity contribution in [2.24, 2.45) is 17.3 Å². The van der Waals surface area contributed by atoms with Crippen LogP contribution in [0.25, 0.3) is 0 Å². The van der Waals surface area contributed by atoms with Gasteiger partial charge in [0.15, 0.2) is 0 Å². The fraction of sp³-hybridized carbons (Fsp3) is 0.486. The zero-order valence-corrected chi connectivity index (χ0v) is 26.1. The molecule has 3 N–H and O–H groups in total. The predicted octanol–water partition coefficient (Wildman–Crippen LogP) is 6.78. The summed E-state index contributed by atoms with van der Waals surface area (Å²) in [6.07, 6.45) is 6.80. The van der Waals surface area contributed by atoms with Gasteiger partial charge in [-0.25, -0.2) is 4.79 Å². The van der Waals surface area contributed by atoms with Gasteiger partial charge in [-0.2, -0.15) is 0 Å². The van der Waals surface area contributed by atoms with Crippen LogP contribution in [-0.4, -0.2) is 42.0 Å². The second kappa shape index (κ2) is 12.8. The monoisotopic (exact) mass is 599 g/mol. The first kappa shape index (κ1) is 30.5. The van der Waals surface area contributed by atoms with E-state index in [4.69, 9.17) is 14.2 Å². The summed E-state index contributed by atoms with van der Waals surface area (Å²) < 4.78 is 16.7. The SMILES string of the molecule is CCCCOc1ccc(C(=O)Oc2ccc(CNC3CC4C5CCc6cc(OC)ccc6C5CC[C@]4(C)C3O)c(O)c2)cc1. The molecule has 6 rings (SSSR count). The maximum atomic E-state index is 12.7. The minimum Gasteiger partial charge on any atom is -0.507 e. The maximum absolute atomic E-state index is 12.7. The smallest absolute Gasteiger partial charge is 0.343 e. The fourth-order valence-electron chi connectivity index (χ4n) is 8.09. The molecule has 234 valence electrons. The number of fused-ring (bicyclic) bond motifs is 5. The van der Waals surface area contributed by atoms with Gasteiger partial charge in [-0.05, 0) is 115 Å². The van der Waals surface area contributed by atoms with Crippen molar-refractivity contribution in [3.05, 3.63) is 82.9 Å². The number of hydrogen-bond acceptors (Lipinski definition) is 7. The number of methoxy groups -OCH3 is 1. The van der Waals surface area contributed by atoms with Gasteiger partial charge < -0.3 is 29.7 Å². The van der Waals surface area contributed by atoms with Crippen LogP contribution in [0.1, 0.15) is 85.3 Å². The molecule has 0 bridgehead atoms. The molecule has 3 aliphatic rings. The zero-order chi connectivity index (χ0) is 30.8. The van der Waals surface area contributed by atoms with Gasteiger partial charge in [0.25, 0.3) is 0 Å². The first-order chi connectivity index (χ1) is 21.3. The summed E-state index contributed by atoms with van der Waals surface area (Å²) in [5, 5.41) is 25.9. The molecule has 0 heterocycles. The summed E-state index contributed by atoms with van der Waals surface area (Å²) in [7, 11) is 1.72. The highest BCUT2D eigenvalue weighted by Crippen LogP contribution is 2.61. The Hall–Kier alpha value is -3.55. The van der Waals surface area contributed by atoms with Crippen molar-refractivity contribution < 1.29 is 29.2 Å². The summed E-state index contributed by atoms with van der Waals surface area (Å²) >= 11 is 0. The summed E-state index contributed by atoms with van der Waals surface area (Å²) in [5.41, 5.74) is 3.87. The Kier molecular flexibility index (Phi) is 8.88. The number of esters is 1. The second-order valence-electron chi connectivity index (χ2n) is 13.1. The van der Waals surface area contributed by atoms with E-state index in [1.165, 1.54) is 17.2 Å². The molecule has 6 atom stereocenters. The van der Waals surface area contributed by atoms with Gasteiger partial charge in [0.05, 0.1) is 25.4 Å². The fourth-order valence-corrected chi connectivity index (χ4v) is 8.09. The quantitative estimate of drug-likeness (QED) is 0.134. The van der Waals surface area contributed by atoms with Gasteiger partial charge >= 0.3 is 5.97 Å². The van der Waals surface area contributed by atoms with E-state index in [2.05, 4.69) is 37.4 Å². The molecule has 44 heavy (non-hydrogen) atoms. The molecular weight excluding hydrogens is 554 g/mol. The number of aliphatic hydroxyl groups is 1. The predicted molar refractivity (Wildman–Crippen MR) is 170 cm³/mol. The van der Waals surface area contributed by atoms with Gasteiger partial charge in [-0.1, -0.05) is 32.4 Å². The minimum absolute atomic E-state index is 0.0492. The van der Waals surface area contributed by atoms with Gasteiger partial charge in [-0.3, -0.25) is 0 Å². The van der Waals surface area contributed by atoms with Gasteiger partial charge in [0.2, 0.25) is 0 Å². The molecule has 0 spiro atoms. The van der Waals surface area contributed by atoms with E-state index >= 15 is 0 Å². The van der Waals surface area contributed by atoms with Crippen molar-refractivity contribution in [2.75, 3.05) is 13.7 Å². The molecule has 0 aromatic heterocycles. The summed E-state index contributed by atoms with van der Waals surface area (Å²) in [6.45, 7) is 5.45. The van der Waals surface area contributed by atoms with E-state index in [1.54, 1.807) is 43.5 Å². The third-order valence-corrected chi connectivity index (χ3v) is 10.6. The first-order valence-corrected chi connectivity index (χ1v) is 16.2. The number of phenolic OH excluding ortho intramolecular Hbond substituents is 1. The number of phenols is 1. The van der Waals surface area contributed by atoms with Gasteiger partial charge in [0.1, 0.15) is 23.0 Å². The molecule has 2 saturated carbocycles. The van der Waals surface area contributed by atoms with E-state index in [0.29, 0.717) is 42.0 Å². The number of hydrogen-bond donors (Lipinski definition) is 3. The maximum Gasteiger partial charge on any atom is 0.343 e. The Bertz CT molecular complexity index is 1470. The van der Waals surface area contributed by atoms with Crippen LogP contribution >= 0.6 is 0 Å². The van der Waals surface area contributed by atoms with Crippen LogP contribution < -0.4 is 19.5 Å². The lowest BCUT2D eigenvalue weighted by molar-refractivity contribution is -0.0281. The highest BCUT2D eigenvalue weighted by molar-refractivity contribution is 5.91. The van der Waals surface area contributed by atoms with E-state index in [1.807, 2.05) is 0 Å². The van der Waals surface area contributed by atoms with Crippen LogP contribution in [0.2, 0.25) is 0 Å². The summed E-state index contributed by atoms with van der Waals surface area (Å²) in [6, 6.07) is 18.3. The average molecular weight is 600 g/mol. The summed E-state index contributed by atoms with van der Waals surface area (Å²) in [4.78, 5) is 12.7. The Balaban J connectivity index is 1.06. The van der Waals surface area contributed by atoms with Crippen LogP contribution in [-0.2, 0) is 13.0 Å². The number of ether oxygens (including phenoxy) is 3. The van der Waals surface area contributed by atoms with Crippen LogP contribution in [0.15, 0.2) is 60.7 Å². The topological polar surface area (TPSA) is 97.3 Å². The van der Waals surface area contributed by atoms with Crippen LogP contribution in [0.3, 0.4) is 0 Å². The summed E-state index contributed by atoms with van der Waals surface area (Å²) in [5.74, 6) is 3.01. The lowest BCUT2D eigenvalue weighted by Gasteiger charge is -2.50. The van der Waals surface area contributed by atoms with Gasteiger partial charge in [-0.15, -0.1) is 0 Å². The molecule has 0 amide bonds. The highest BCUT2D eigenvalue weighted by Gasteiger charge is 2.57. The molecule has 0 radical (unpaired) electrons. The molecule has 7 nitrogen and oxygen atoms in total. The molecule has 3 aromatic rings. The van der Waals surface area contributed by atoms with Crippen LogP contribution in [0.5, 0.6) is 23.0 Å². The lowest BCUT2D eigenvalue weighted by Crippen LogP contribution is -2.46. The van der Waals surface area contributed by atoms with E-state index < -0.39 is 12.1 Å². The van der Waals surface area contributed by atoms with Crippen LogP contribution in [0.4, 0.5) is 0 Å². The lowest BCUT2D eigenvalue weighted by atomic mass is 9.55. The molecule has 3 aliphatic carbocycles. The molecule has 7 heteroatoms. The van der Waals surface area contributed by atoms with E-state index in [0.717, 1.165) is 56.4 Å². The number of unbranched alkanes of at least 4 members (excludes halogenated alkanes) is 1. The number of carbonyl (C=O) groups is 1. The third-order valence-electron chi connectivity index (χ3n) is 10.6. The standard InChI is InChI=1S/C37H45NO6/c1-4-5-18-43-26-10-6-23(7-11-26)36(41)44-28-12-8-25(34(39)20-28)22-38-33-21-32-31-14-9-24-19-27(42-3)13-15-29(24)30(31)16-17-37(32,2)35(33)40/h6-8,10-13,15,19-20,30-33,35,38-40H,4-5,9,14,16-18,21-22H2,1-3H3/t30?,31?,32?,33?,35?,37-/m0/s1. The number of benzene rings is 3. The van der Waals surface area contributed by atoms with Crippen molar-refractivity contribution in [1.82, 2.24) is 5.32 Å². The Labute approximate surface area is 260 Å². The zero-order valence-electron chi connectivity index (χ0n) is 26.1. The molecule has 0 saturated heterocycles. The molecule has 5 unspecified atom stereocenters. The number of aryl methyl sites for hydroxylation is 1. The van der Waals surface area contributed by atoms with Crippen molar-refractivity contribution in [2.45, 2.75) is 83.4 Å². The van der Waals surface area contributed by atoms with Crippen molar-refractivity contribution in [1.29, 1.82) is 0 Å². The Morgan fingerprint density at radius 1 is 1.02 bits per heavy atom. The number of rotatable bonds is 10. The molecule has 0 aliphatic heterocycles. The number of carbonyl (C=O) groups excluding carboxylic acids is 1. The minimum atomic E-state index is -0.497. The van der Waals surface area contributed by atoms with Gasteiger partial charge in [0, 0.05) is 24.2 Å². The number of aliphatic hydroxyl groups excluding tert-OH is 1. The average Bonchev–Trinajstić information content (AvgIpc) is 3.30. The second-order valence-corrected chi connectivity index (χ2v) is 13.1. The number of nitrogens with one attached hydrogen (secondary N) is 1. The third kappa shape index (κ3) is 5.92. The first-order valence-electron chi connectivity index (χ1n) is 16.2. The number of aromatic hydroxyl groups is 1. The largest absolute Gasteiger partial charge is 0.507 e. The molecule has 3 aromatic carbocycles.